The van der Waals surface area contributed by atoms with Crippen LogP contribution in [0.15, 0.2) is 24.3 Å². The highest BCUT2D eigenvalue weighted by Gasteiger charge is 2.20. The number of benzene rings is 1. The number of hydrogen-bond donors (Lipinski definition) is 1. The smallest absolute Gasteiger partial charge is 0.0628 e. The normalized spacial score (nSPS) is 17.4. The van der Waals surface area contributed by atoms with Crippen molar-refractivity contribution in [1.82, 2.24) is 10.2 Å². The van der Waals surface area contributed by atoms with Gasteiger partial charge in [0.15, 0.2) is 0 Å². The molecular formula is C13H20N2O. The van der Waals surface area contributed by atoms with Crippen molar-refractivity contribution >= 4 is 0 Å². The number of nitrogens with zero attached hydrogens (tertiary/aromatic N) is 1. The summed E-state index contributed by atoms with van der Waals surface area (Å²) in [5, 5.41) is 3.29. The van der Waals surface area contributed by atoms with Crippen LogP contribution in [-0.2, 0) is 17.8 Å². The third-order valence-electron chi connectivity index (χ3n) is 3.16. The van der Waals surface area contributed by atoms with Crippen LogP contribution in [0, 0.1) is 0 Å². The van der Waals surface area contributed by atoms with Crippen molar-refractivity contribution in [3.05, 3.63) is 35.4 Å². The van der Waals surface area contributed by atoms with Gasteiger partial charge in [-0.3, -0.25) is 4.90 Å². The van der Waals surface area contributed by atoms with Crippen LogP contribution in [0.2, 0.25) is 0 Å². The first-order valence-electron chi connectivity index (χ1n) is 5.79. The number of hydrogen-bond acceptors (Lipinski definition) is 3. The predicted octanol–water partition coefficient (Wildman–Crippen LogP) is 1.24. The molecular weight excluding hydrogens is 200 g/mol. The number of nitrogens with one attached hydrogen (secondary N) is 1. The molecule has 0 aliphatic carbocycles. The van der Waals surface area contributed by atoms with Crippen molar-refractivity contribution in [3.63, 3.8) is 0 Å². The lowest BCUT2D eigenvalue weighted by atomic mass is 10.1. The average Bonchev–Trinajstić information content (AvgIpc) is 2.70. The highest BCUT2D eigenvalue weighted by molar-refractivity contribution is 5.30. The lowest BCUT2D eigenvalue weighted by molar-refractivity contribution is 0.141. The van der Waals surface area contributed by atoms with E-state index in [1.54, 1.807) is 7.11 Å². The second kappa shape index (κ2) is 5.43. The Hall–Kier alpha value is -0.900. The molecule has 0 fully saturated rings. The molecule has 1 aliphatic heterocycles. The van der Waals surface area contributed by atoms with Crippen LogP contribution in [0.3, 0.4) is 0 Å². The Kier molecular flexibility index (Phi) is 3.93. The van der Waals surface area contributed by atoms with Crippen molar-refractivity contribution in [3.8, 4) is 0 Å². The molecule has 0 saturated carbocycles. The summed E-state index contributed by atoms with van der Waals surface area (Å²) in [7, 11) is 3.75. The summed E-state index contributed by atoms with van der Waals surface area (Å²) in [4.78, 5) is 2.46. The molecule has 3 heteroatoms. The second-order valence-electron chi connectivity index (χ2n) is 4.38. The fourth-order valence-corrected chi connectivity index (χ4v) is 2.27. The molecule has 1 heterocycles. The zero-order valence-corrected chi connectivity index (χ0v) is 10.1. The van der Waals surface area contributed by atoms with Crippen LogP contribution in [0.4, 0.5) is 0 Å². The molecule has 3 nitrogen and oxygen atoms in total. The third-order valence-corrected chi connectivity index (χ3v) is 3.16. The first-order valence-corrected chi connectivity index (χ1v) is 5.79. The summed E-state index contributed by atoms with van der Waals surface area (Å²) in [5.41, 5.74) is 2.93. The zero-order valence-electron chi connectivity index (χ0n) is 10.1. The third kappa shape index (κ3) is 2.61. The molecule has 1 atom stereocenters. The molecule has 1 aromatic carbocycles. The summed E-state index contributed by atoms with van der Waals surface area (Å²) in [6, 6.07) is 9.10. The lowest BCUT2D eigenvalue weighted by Crippen LogP contribution is -2.40. The first kappa shape index (κ1) is 11.6. The van der Waals surface area contributed by atoms with Gasteiger partial charge in [0.2, 0.25) is 0 Å². The Morgan fingerprint density at radius 1 is 1.31 bits per heavy atom. The van der Waals surface area contributed by atoms with Gasteiger partial charge in [0.05, 0.1) is 6.61 Å². The maximum atomic E-state index is 5.19. The molecule has 0 bridgehead atoms. The highest BCUT2D eigenvalue weighted by atomic mass is 16.5. The first-order chi connectivity index (χ1) is 7.83. The maximum absolute atomic E-state index is 5.19. The van der Waals surface area contributed by atoms with Crippen LogP contribution in [0.5, 0.6) is 0 Å². The van der Waals surface area contributed by atoms with Gasteiger partial charge >= 0.3 is 0 Å². The maximum Gasteiger partial charge on any atom is 0.0628 e. The van der Waals surface area contributed by atoms with Crippen molar-refractivity contribution in [2.45, 2.75) is 19.1 Å². The Morgan fingerprint density at radius 3 is 2.44 bits per heavy atom. The SMILES string of the molecule is CNC(COC)CN1Cc2ccccc2C1. The Bertz CT molecular complexity index is 315. The van der Waals surface area contributed by atoms with E-state index in [1.165, 1.54) is 11.1 Å². The molecule has 0 amide bonds. The van der Waals surface area contributed by atoms with Gasteiger partial charge in [-0.1, -0.05) is 24.3 Å². The van der Waals surface area contributed by atoms with Gasteiger partial charge in [-0.05, 0) is 18.2 Å². The van der Waals surface area contributed by atoms with E-state index in [-0.39, 0.29) is 0 Å². The Labute approximate surface area is 97.4 Å². The van der Waals surface area contributed by atoms with Crippen LogP contribution >= 0.6 is 0 Å². The van der Waals surface area contributed by atoms with Gasteiger partial charge < -0.3 is 10.1 Å². The summed E-state index contributed by atoms with van der Waals surface area (Å²) in [6.45, 7) is 3.94. The largest absolute Gasteiger partial charge is 0.383 e. The van der Waals surface area contributed by atoms with E-state index in [2.05, 4.69) is 34.5 Å². The van der Waals surface area contributed by atoms with Crippen molar-refractivity contribution in [2.75, 3.05) is 27.3 Å². The summed E-state index contributed by atoms with van der Waals surface area (Å²) in [6.07, 6.45) is 0. The van der Waals surface area contributed by atoms with E-state index < -0.39 is 0 Å². The van der Waals surface area contributed by atoms with E-state index in [1.807, 2.05) is 7.05 Å². The van der Waals surface area contributed by atoms with Crippen molar-refractivity contribution in [2.24, 2.45) is 0 Å². The fraction of sp³-hybridized carbons (Fsp3) is 0.538. The molecule has 2 rings (SSSR count). The molecule has 1 aromatic rings. The van der Waals surface area contributed by atoms with Gasteiger partial charge in [-0.15, -0.1) is 0 Å². The number of fused-ring (bicyclic) bond motifs is 1. The van der Waals surface area contributed by atoms with Crippen LogP contribution < -0.4 is 5.32 Å². The Balaban J connectivity index is 1.91. The average molecular weight is 220 g/mol. The molecule has 1 aliphatic rings. The minimum atomic E-state index is 0.416. The van der Waals surface area contributed by atoms with Crippen LogP contribution in [0.25, 0.3) is 0 Å². The van der Waals surface area contributed by atoms with E-state index in [9.17, 15) is 0 Å². The predicted molar refractivity (Wildman–Crippen MR) is 65.3 cm³/mol. The summed E-state index contributed by atoms with van der Waals surface area (Å²) < 4.78 is 5.19. The second-order valence-corrected chi connectivity index (χ2v) is 4.38. The monoisotopic (exact) mass is 220 g/mol. The summed E-state index contributed by atoms with van der Waals surface area (Å²) in [5.74, 6) is 0. The van der Waals surface area contributed by atoms with E-state index in [0.29, 0.717) is 6.04 Å². The highest BCUT2D eigenvalue weighted by Crippen LogP contribution is 2.21. The number of methoxy groups -OCH3 is 1. The number of rotatable bonds is 5. The fourth-order valence-electron chi connectivity index (χ4n) is 2.27. The topological polar surface area (TPSA) is 24.5 Å². The van der Waals surface area contributed by atoms with Gasteiger partial charge in [0.25, 0.3) is 0 Å². The van der Waals surface area contributed by atoms with Gasteiger partial charge in [0.1, 0.15) is 0 Å². The molecule has 88 valence electrons. The molecule has 0 saturated heterocycles. The van der Waals surface area contributed by atoms with Crippen molar-refractivity contribution < 1.29 is 4.74 Å². The van der Waals surface area contributed by atoms with Gasteiger partial charge in [-0.25, -0.2) is 0 Å². The molecule has 0 spiro atoms. The minimum absolute atomic E-state index is 0.416. The Morgan fingerprint density at radius 2 is 1.94 bits per heavy atom. The van der Waals surface area contributed by atoms with Crippen molar-refractivity contribution in [1.29, 1.82) is 0 Å². The molecule has 1 N–H and O–H groups in total. The lowest BCUT2D eigenvalue weighted by Gasteiger charge is -2.22. The molecule has 0 radical (unpaired) electrons. The van der Waals surface area contributed by atoms with Gasteiger partial charge in [0, 0.05) is 32.8 Å². The molecule has 0 aromatic heterocycles. The van der Waals surface area contributed by atoms with E-state index >= 15 is 0 Å². The van der Waals surface area contributed by atoms with Gasteiger partial charge in [-0.2, -0.15) is 0 Å². The minimum Gasteiger partial charge on any atom is -0.383 e. The quantitative estimate of drug-likeness (QED) is 0.808. The van der Waals surface area contributed by atoms with E-state index in [4.69, 9.17) is 4.74 Å². The number of likely N-dealkylation sites (N-methyl/N-ethyl adjacent to an activating group) is 1. The van der Waals surface area contributed by atoms with E-state index in [0.717, 1.165) is 26.2 Å². The van der Waals surface area contributed by atoms with Crippen LogP contribution in [0.1, 0.15) is 11.1 Å². The van der Waals surface area contributed by atoms with Crippen LogP contribution in [-0.4, -0.2) is 38.3 Å². The standard InChI is InChI=1S/C13H20N2O/c1-14-13(10-16-2)9-15-7-11-5-3-4-6-12(11)8-15/h3-6,13-14H,7-10H2,1-2H3. The number of ether oxygens (including phenoxy) is 1. The summed E-state index contributed by atoms with van der Waals surface area (Å²) >= 11 is 0. The zero-order chi connectivity index (χ0) is 11.4. The molecule has 1 unspecified atom stereocenters. The molecule has 16 heavy (non-hydrogen) atoms.